The van der Waals surface area contributed by atoms with E-state index in [1.165, 1.54) is 12.1 Å². The van der Waals surface area contributed by atoms with Crippen molar-refractivity contribution < 1.29 is 9.72 Å². The third-order valence-corrected chi connectivity index (χ3v) is 4.57. The summed E-state index contributed by atoms with van der Waals surface area (Å²) in [4.78, 5) is 25.0. The van der Waals surface area contributed by atoms with Crippen LogP contribution < -0.4 is 0 Å². The van der Waals surface area contributed by atoms with Crippen LogP contribution in [0, 0.1) is 17.0 Å². The molecule has 2 atom stereocenters. The monoisotopic (exact) mass is 324 g/mol. The molecular weight excluding hydrogens is 304 g/mol. The van der Waals surface area contributed by atoms with Crippen molar-refractivity contribution in [1.82, 2.24) is 4.90 Å². The van der Waals surface area contributed by atoms with Crippen LogP contribution in [-0.4, -0.2) is 21.8 Å². The van der Waals surface area contributed by atoms with E-state index in [-0.39, 0.29) is 29.6 Å². The van der Waals surface area contributed by atoms with E-state index >= 15 is 0 Å². The van der Waals surface area contributed by atoms with Gasteiger partial charge in [-0.05, 0) is 31.9 Å². The Morgan fingerprint density at radius 1 is 1.00 bits per heavy atom. The second kappa shape index (κ2) is 6.07. The van der Waals surface area contributed by atoms with Crippen molar-refractivity contribution in [2.24, 2.45) is 0 Å². The first-order valence-corrected chi connectivity index (χ1v) is 8.03. The number of rotatable bonds is 4. The number of nitro benzene ring substituents is 1. The molecule has 0 spiro atoms. The highest BCUT2D eigenvalue weighted by Gasteiger charge is 2.49. The van der Waals surface area contributed by atoms with Gasteiger partial charge in [-0.1, -0.05) is 42.0 Å². The Hall–Kier alpha value is -2.69. The lowest BCUT2D eigenvalue weighted by Gasteiger charge is -2.50. The van der Waals surface area contributed by atoms with E-state index in [0.29, 0.717) is 0 Å². The van der Waals surface area contributed by atoms with Gasteiger partial charge in [0.2, 0.25) is 5.91 Å². The minimum absolute atomic E-state index is 0.0624. The molecule has 2 aromatic rings. The number of nitrogens with zero attached hydrogens (tertiary/aromatic N) is 2. The van der Waals surface area contributed by atoms with Crippen LogP contribution in [-0.2, 0) is 4.79 Å². The van der Waals surface area contributed by atoms with Crippen LogP contribution in [0.25, 0.3) is 0 Å². The number of amides is 1. The number of hydrogen-bond donors (Lipinski definition) is 0. The normalized spacial score (nSPS) is 20.2. The first-order chi connectivity index (χ1) is 11.4. The topological polar surface area (TPSA) is 63.5 Å². The summed E-state index contributed by atoms with van der Waals surface area (Å²) in [5, 5.41) is 10.8. The Morgan fingerprint density at radius 3 is 2.04 bits per heavy atom. The largest absolute Gasteiger partial charge is 0.331 e. The lowest BCUT2D eigenvalue weighted by atomic mass is 9.77. The molecule has 5 heteroatoms. The average molecular weight is 324 g/mol. The highest BCUT2D eigenvalue weighted by atomic mass is 16.6. The van der Waals surface area contributed by atoms with Gasteiger partial charge in [-0.25, -0.2) is 0 Å². The fourth-order valence-corrected chi connectivity index (χ4v) is 3.33. The van der Waals surface area contributed by atoms with Crippen molar-refractivity contribution in [3.63, 3.8) is 0 Å². The summed E-state index contributed by atoms with van der Waals surface area (Å²) in [5.74, 6) is -0.119. The fourth-order valence-electron chi connectivity index (χ4n) is 3.33. The van der Waals surface area contributed by atoms with Gasteiger partial charge in [-0.3, -0.25) is 14.9 Å². The zero-order valence-corrected chi connectivity index (χ0v) is 14.0. The standard InChI is InChI=1S/C19H20N2O3/c1-12(2)20-18(15-8-10-16(11-9-15)21(23)24)17(19(20)22)14-6-4-13(3)5-7-14/h4-12,17-18H,1-3H3/t17-,18+/m0/s1. The van der Waals surface area contributed by atoms with Gasteiger partial charge in [0.25, 0.3) is 5.69 Å². The summed E-state index contributed by atoms with van der Waals surface area (Å²) >= 11 is 0. The molecule has 124 valence electrons. The number of carbonyl (C=O) groups excluding carboxylic acids is 1. The van der Waals surface area contributed by atoms with Crippen LogP contribution in [0.2, 0.25) is 0 Å². The fraction of sp³-hybridized carbons (Fsp3) is 0.316. The molecular formula is C19H20N2O3. The predicted octanol–water partition coefficient (Wildman–Crippen LogP) is 3.98. The van der Waals surface area contributed by atoms with Crippen LogP contribution in [0.3, 0.4) is 0 Å². The Bertz CT molecular complexity index is 766. The third-order valence-electron chi connectivity index (χ3n) is 4.57. The molecule has 0 saturated carbocycles. The van der Waals surface area contributed by atoms with Gasteiger partial charge in [0.1, 0.15) is 0 Å². The Morgan fingerprint density at radius 2 is 1.54 bits per heavy atom. The molecule has 3 rings (SSSR count). The number of benzene rings is 2. The molecule has 1 amide bonds. The van der Waals surface area contributed by atoms with Crippen molar-refractivity contribution in [2.75, 3.05) is 0 Å². The number of hydrogen-bond acceptors (Lipinski definition) is 3. The van der Waals surface area contributed by atoms with Gasteiger partial charge < -0.3 is 4.90 Å². The number of likely N-dealkylation sites (tertiary alicyclic amines) is 1. The summed E-state index contributed by atoms with van der Waals surface area (Å²) in [6.45, 7) is 5.99. The molecule has 0 radical (unpaired) electrons. The zero-order valence-electron chi connectivity index (χ0n) is 14.0. The van der Waals surface area contributed by atoms with Gasteiger partial charge >= 0.3 is 0 Å². The molecule has 1 aliphatic heterocycles. The summed E-state index contributed by atoms with van der Waals surface area (Å²) in [6.07, 6.45) is 0. The number of β-lactam (4-membered cyclic amide) rings is 1. The number of nitro groups is 1. The summed E-state index contributed by atoms with van der Waals surface area (Å²) in [6, 6.07) is 14.5. The molecule has 1 aliphatic rings. The van der Waals surface area contributed by atoms with Gasteiger partial charge in [0, 0.05) is 18.2 Å². The Kier molecular flexibility index (Phi) is 4.09. The van der Waals surface area contributed by atoms with Crippen LogP contribution in [0.15, 0.2) is 48.5 Å². The summed E-state index contributed by atoms with van der Waals surface area (Å²) in [5.41, 5.74) is 3.14. The molecule has 0 aromatic heterocycles. The highest BCUT2D eigenvalue weighted by Crippen LogP contribution is 2.47. The van der Waals surface area contributed by atoms with Crippen LogP contribution in [0.5, 0.6) is 0 Å². The average Bonchev–Trinajstić information content (AvgIpc) is 2.54. The molecule has 0 unspecified atom stereocenters. The summed E-state index contributed by atoms with van der Waals surface area (Å²) in [7, 11) is 0. The van der Waals surface area contributed by atoms with Gasteiger partial charge in [0.05, 0.1) is 16.9 Å². The van der Waals surface area contributed by atoms with E-state index in [4.69, 9.17) is 0 Å². The quantitative estimate of drug-likeness (QED) is 0.485. The molecule has 24 heavy (non-hydrogen) atoms. The molecule has 1 heterocycles. The number of aryl methyl sites for hydroxylation is 1. The highest BCUT2D eigenvalue weighted by molar-refractivity contribution is 5.91. The molecule has 0 aliphatic carbocycles. The van der Waals surface area contributed by atoms with Gasteiger partial charge in [0.15, 0.2) is 0 Å². The predicted molar refractivity (Wildman–Crippen MR) is 91.7 cm³/mol. The molecule has 2 aromatic carbocycles. The Labute approximate surface area is 141 Å². The van der Waals surface area contributed by atoms with E-state index in [0.717, 1.165) is 16.7 Å². The van der Waals surface area contributed by atoms with E-state index < -0.39 is 4.92 Å². The SMILES string of the molecule is Cc1ccc([C@@H]2C(=O)N(C(C)C)[C@@H]2c2ccc([N+](=O)[O-])cc2)cc1. The second-order valence-corrected chi connectivity index (χ2v) is 6.52. The summed E-state index contributed by atoms with van der Waals surface area (Å²) < 4.78 is 0. The smallest absolute Gasteiger partial charge is 0.269 e. The van der Waals surface area contributed by atoms with Crippen molar-refractivity contribution in [3.05, 3.63) is 75.3 Å². The number of non-ortho nitro benzene ring substituents is 1. The minimum Gasteiger partial charge on any atom is -0.331 e. The van der Waals surface area contributed by atoms with Crippen LogP contribution >= 0.6 is 0 Å². The van der Waals surface area contributed by atoms with Crippen molar-refractivity contribution >= 4 is 11.6 Å². The van der Waals surface area contributed by atoms with Crippen LogP contribution in [0.1, 0.15) is 42.5 Å². The molecule has 0 N–H and O–H groups in total. The molecule has 0 bridgehead atoms. The number of carbonyl (C=O) groups is 1. The van der Waals surface area contributed by atoms with Crippen molar-refractivity contribution in [2.45, 2.75) is 38.8 Å². The first kappa shape index (κ1) is 16.2. The lowest BCUT2D eigenvalue weighted by Crippen LogP contribution is -2.56. The molecule has 1 saturated heterocycles. The van der Waals surface area contributed by atoms with E-state index in [1.807, 2.05) is 49.9 Å². The minimum atomic E-state index is -0.409. The molecule has 5 nitrogen and oxygen atoms in total. The molecule has 1 fully saturated rings. The van der Waals surface area contributed by atoms with E-state index in [9.17, 15) is 14.9 Å². The van der Waals surface area contributed by atoms with Gasteiger partial charge in [-0.2, -0.15) is 0 Å². The van der Waals surface area contributed by atoms with E-state index in [1.54, 1.807) is 12.1 Å². The third kappa shape index (κ3) is 2.66. The zero-order chi connectivity index (χ0) is 17.4. The van der Waals surface area contributed by atoms with Crippen molar-refractivity contribution in [1.29, 1.82) is 0 Å². The van der Waals surface area contributed by atoms with E-state index in [2.05, 4.69) is 0 Å². The maximum Gasteiger partial charge on any atom is 0.269 e. The lowest BCUT2D eigenvalue weighted by molar-refractivity contribution is -0.384. The van der Waals surface area contributed by atoms with Crippen LogP contribution in [0.4, 0.5) is 5.69 Å². The Balaban J connectivity index is 1.97. The maximum absolute atomic E-state index is 12.7. The first-order valence-electron chi connectivity index (χ1n) is 8.03. The van der Waals surface area contributed by atoms with Crippen molar-refractivity contribution in [3.8, 4) is 0 Å². The maximum atomic E-state index is 12.7. The van der Waals surface area contributed by atoms with Gasteiger partial charge in [-0.15, -0.1) is 0 Å². The second-order valence-electron chi connectivity index (χ2n) is 6.52.